The lowest BCUT2D eigenvalue weighted by Crippen LogP contribution is -2.44. The Morgan fingerprint density at radius 3 is 2.89 bits per heavy atom. The first kappa shape index (κ1) is 16.0. The summed E-state index contributed by atoms with van der Waals surface area (Å²) in [6, 6.07) is 0.223. The highest BCUT2D eigenvalue weighted by Gasteiger charge is 2.25. The third kappa shape index (κ3) is 3.94. The molecule has 1 heterocycles. The molecule has 1 amide bonds. The summed E-state index contributed by atoms with van der Waals surface area (Å²) >= 11 is 0. The van der Waals surface area contributed by atoms with Gasteiger partial charge in [0.05, 0.1) is 11.8 Å². The zero-order valence-corrected chi connectivity index (χ0v) is 12.2. The Morgan fingerprint density at radius 2 is 2.26 bits per heavy atom. The Morgan fingerprint density at radius 1 is 1.53 bits per heavy atom. The van der Waals surface area contributed by atoms with Crippen LogP contribution in [0.5, 0.6) is 0 Å². The van der Waals surface area contributed by atoms with Crippen molar-refractivity contribution in [1.29, 1.82) is 0 Å². The van der Waals surface area contributed by atoms with Crippen molar-refractivity contribution in [2.45, 2.75) is 45.2 Å². The summed E-state index contributed by atoms with van der Waals surface area (Å²) in [5.41, 5.74) is 6.40. The van der Waals surface area contributed by atoms with E-state index < -0.39 is 0 Å². The van der Waals surface area contributed by atoms with Crippen LogP contribution in [-0.4, -0.2) is 28.3 Å². The van der Waals surface area contributed by atoms with Crippen LogP contribution in [0.15, 0.2) is 12.4 Å². The van der Waals surface area contributed by atoms with Crippen LogP contribution >= 0.6 is 12.4 Å². The number of carbonyl (C=O) groups excluding carboxylic acids is 1. The highest BCUT2D eigenvalue weighted by Crippen LogP contribution is 2.23. The highest BCUT2D eigenvalue weighted by molar-refractivity contribution is 5.93. The van der Waals surface area contributed by atoms with Crippen molar-refractivity contribution in [3.05, 3.63) is 18.0 Å². The minimum Gasteiger partial charge on any atom is -0.349 e. The number of nitrogens with zero attached hydrogens (tertiary/aromatic N) is 2. The zero-order valence-electron chi connectivity index (χ0n) is 11.3. The molecule has 3 N–H and O–H groups in total. The van der Waals surface area contributed by atoms with Crippen LogP contribution in [0.25, 0.3) is 0 Å². The van der Waals surface area contributed by atoms with E-state index in [1.807, 2.05) is 6.92 Å². The van der Waals surface area contributed by atoms with Gasteiger partial charge in [0, 0.05) is 18.8 Å². The van der Waals surface area contributed by atoms with Gasteiger partial charge in [-0.25, -0.2) is 0 Å². The lowest BCUT2D eigenvalue weighted by molar-refractivity contribution is 0.0908. The van der Waals surface area contributed by atoms with Crippen molar-refractivity contribution >= 4 is 18.3 Å². The fraction of sp³-hybridized carbons (Fsp3) is 0.692. The van der Waals surface area contributed by atoms with Gasteiger partial charge in [0.2, 0.25) is 0 Å². The molecule has 1 aliphatic rings. The van der Waals surface area contributed by atoms with Gasteiger partial charge in [0.1, 0.15) is 0 Å². The van der Waals surface area contributed by atoms with E-state index in [9.17, 15) is 4.79 Å². The van der Waals surface area contributed by atoms with Gasteiger partial charge in [0.15, 0.2) is 0 Å². The number of carbonyl (C=O) groups is 1. The second-order valence-corrected chi connectivity index (χ2v) is 4.94. The maximum absolute atomic E-state index is 12.1. The fourth-order valence-electron chi connectivity index (χ4n) is 2.59. The standard InChI is InChI=1S/C13H22N4O.ClH/c1-2-17-9-11(8-15-17)13(18)16-12-6-4-3-5-10(12)7-14;/h8-10,12H,2-7,14H2,1H3,(H,16,18);1H. The average molecular weight is 287 g/mol. The molecule has 1 aromatic heterocycles. The van der Waals surface area contributed by atoms with Gasteiger partial charge in [0.25, 0.3) is 5.91 Å². The number of amides is 1. The Kier molecular flexibility index (Phi) is 6.31. The van der Waals surface area contributed by atoms with Gasteiger partial charge < -0.3 is 11.1 Å². The molecule has 0 saturated heterocycles. The minimum absolute atomic E-state index is 0. The van der Waals surface area contributed by atoms with Crippen molar-refractivity contribution < 1.29 is 4.79 Å². The molecule has 0 spiro atoms. The summed E-state index contributed by atoms with van der Waals surface area (Å²) in [5, 5.41) is 7.22. The maximum Gasteiger partial charge on any atom is 0.254 e. The number of nitrogens with two attached hydrogens (primary N) is 1. The lowest BCUT2D eigenvalue weighted by atomic mass is 9.84. The van der Waals surface area contributed by atoms with E-state index in [2.05, 4.69) is 10.4 Å². The molecule has 2 atom stereocenters. The van der Waals surface area contributed by atoms with Gasteiger partial charge in [-0.05, 0) is 32.2 Å². The van der Waals surface area contributed by atoms with Crippen molar-refractivity contribution in [1.82, 2.24) is 15.1 Å². The molecule has 2 rings (SSSR count). The van der Waals surface area contributed by atoms with Crippen LogP contribution in [0.3, 0.4) is 0 Å². The number of rotatable bonds is 4. The van der Waals surface area contributed by atoms with Gasteiger partial charge in [-0.2, -0.15) is 5.10 Å². The number of nitrogens with one attached hydrogen (secondary N) is 1. The first-order valence-corrected chi connectivity index (χ1v) is 6.78. The van der Waals surface area contributed by atoms with Crippen molar-refractivity contribution in [2.24, 2.45) is 11.7 Å². The van der Waals surface area contributed by atoms with Crippen LogP contribution in [0, 0.1) is 5.92 Å². The second-order valence-electron chi connectivity index (χ2n) is 4.94. The Labute approximate surface area is 120 Å². The van der Waals surface area contributed by atoms with E-state index in [4.69, 9.17) is 5.73 Å². The van der Waals surface area contributed by atoms with Gasteiger partial charge in [-0.15, -0.1) is 12.4 Å². The third-order valence-corrected chi connectivity index (χ3v) is 3.75. The molecule has 1 aromatic rings. The molecule has 0 aromatic carbocycles. The minimum atomic E-state index is -0.0277. The molecule has 2 unspecified atom stereocenters. The first-order valence-electron chi connectivity index (χ1n) is 6.78. The summed E-state index contributed by atoms with van der Waals surface area (Å²) in [5.74, 6) is 0.393. The monoisotopic (exact) mass is 286 g/mol. The fourth-order valence-corrected chi connectivity index (χ4v) is 2.59. The second kappa shape index (κ2) is 7.50. The van der Waals surface area contributed by atoms with Crippen LogP contribution in [0.2, 0.25) is 0 Å². The van der Waals surface area contributed by atoms with Crippen LogP contribution < -0.4 is 11.1 Å². The number of aromatic nitrogens is 2. The lowest BCUT2D eigenvalue weighted by Gasteiger charge is -2.31. The average Bonchev–Trinajstić information content (AvgIpc) is 2.88. The van der Waals surface area contributed by atoms with E-state index in [0.29, 0.717) is 18.0 Å². The molecule has 1 aliphatic carbocycles. The molecule has 1 fully saturated rings. The maximum atomic E-state index is 12.1. The van der Waals surface area contributed by atoms with E-state index in [0.717, 1.165) is 19.4 Å². The number of hydrogen-bond acceptors (Lipinski definition) is 3. The molecular formula is C13H23ClN4O. The van der Waals surface area contributed by atoms with E-state index in [1.165, 1.54) is 12.8 Å². The molecule has 108 valence electrons. The number of hydrogen-bond donors (Lipinski definition) is 2. The summed E-state index contributed by atoms with van der Waals surface area (Å²) in [4.78, 5) is 12.1. The number of halogens is 1. The summed E-state index contributed by atoms with van der Waals surface area (Å²) < 4.78 is 1.76. The smallest absolute Gasteiger partial charge is 0.254 e. The predicted molar refractivity (Wildman–Crippen MR) is 77.4 cm³/mol. The Balaban J connectivity index is 0.00000180. The largest absolute Gasteiger partial charge is 0.349 e. The number of aryl methyl sites for hydroxylation is 1. The molecule has 0 radical (unpaired) electrons. The molecule has 0 aliphatic heterocycles. The molecule has 5 nitrogen and oxygen atoms in total. The predicted octanol–water partition coefficient (Wildman–Crippen LogP) is 1.57. The van der Waals surface area contributed by atoms with E-state index in [-0.39, 0.29) is 24.4 Å². The van der Waals surface area contributed by atoms with Crippen LogP contribution in [0.1, 0.15) is 43.0 Å². The quantitative estimate of drug-likeness (QED) is 0.882. The molecular weight excluding hydrogens is 264 g/mol. The third-order valence-electron chi connectivity index (χ3n) is 3.75. The van der Waals surface area contributed by atoms with E-state index in [1.54, 1.807) is 17.1 Å². The van der Waals surface area contributed by atoms with Crippen molar-refractivity contribution in [3.8, 4) is 0 Å². The normalized spacial score (nSPS) is 22.6. The molecule has 6 heteroatoms. The van der Waals surface area contributed by atoms with Crippen LogP contribution in [-0.2, 0) is 6.54 Å². The molecule has 0 bridgehead atoms. The molecule has 1 saturated carbocycles. The highest BCUT2D eigenvalue weighted by atomic mass is 35.5. The Bertz CT molecular complexity index is 407. The van der Waals surface area contributed by atoms with Crippen LogP contribution in [0.4, 0.5) is 0 Å². The summed E-state index contributed by atoms with van der Waals surface area (Å²) in [6.45, 7) is 3.43. The zero-order chi connectivity index (χ0) is 13.0. The summed E-state index contributed by atoms with van der Waals surface area (Å²) in [7, 11) is 0. The van der Waals surface area contributed by atoms with Gasteiger partial charge in [-0.1, -0.05) is 12.8 Å². The van der Waals surface area contributed by atoms with Gasteiger partial charge in [-0.3, -0.25) is 9.48 Å². The molecule has 19 heavy (non-hydrogen) atoms. The summed E-state index contributed by atoms with van der Waals surface area (Å²) in [6.07, 6.45) is 7.97. The van der Waals surface area contributed by atoms with Crippen molar-refractivity contribution in [3.63, 3.8) is 0 Å². The van der Waals surface area contributed by atoms with Crippen molar-refractivity contribution in [2.75, 3.05) is 6.54 Å². The first-order chi connectivity index (χ1) is 8.74. The van der Waals surface area contributed by atoms with E-state index >= 15 is 0 Å². The Hall–Kier alpha value is -1.07. The SMILES string of the molecule is CCn1cc(C(=O)NC2CCCCC2CN)cn1.Cl. The van der Waals surface area contributed by atoms with Gasteiger partial charge >= 0.3 is 0 Å². The topological polar surface area (TPSA) is 72.9 Å².